The largest absolute Gasteiger partial charge is 0.466 e. The lowest BCUT2D eigenvalue weighted by atomic mass is 10.3. The first-order chi connectivity index (χ1) is 6.70. The van der Waals surface area contributed by atoms with Crippen LogP contribution in [0.4, 0.5) is 0 Å². The summed E-state index contributed by atoms with van der Waals surface area (Å²) < 4.78 is 4.69. The van der Waals surface area contributed by atoms with E-state index in [1.807, 2.05) is 0 Å². The van der Waals surface area contributed by atoms with E-state index in [0.29, 0.717) is 32.5 Å². The Labute approximate surface area is 84.0 Å². The summed E-state index contributed by atoms with van der Waals surface area (Å²) in [4.78, 5) is 21.9. The van der Waals surface area contributed by atoms with Crippen molar-refractivity contribution in [1.29, 1.82) is 0 Å². The molecule has 0 aromatic heterocycles. The molecule has 0 atom stereocenters. The Hall–Kier alpha value is -1.10. The van der Waals surface area contributed by atoms with Gasteiger partial charge in [-0.1, -0.05) is 0 Å². The quantitative estimate of drug-likeness (QED) is 0.560. The van der Waals surface area contributed by atoms with Crippen LogP contribution < -0.4 is 11.1 Å². The first-order valence-electron chi connectivity index (χ1n) is 4.83. The van der Waals surface area contributed by atoms with E-state index in [2.05, 4.69) is 5.32 Å². The molecule has 0 saturated carbocycles. The topological polar surface area (TPSA) is 81.4 Å². The summed E-state index contributed by atoms with van der Waals surface area (Å²) in [6.07, 6.45) is 1.31. The molecule has 0 bridgehead atoms. The molecule has 0 aliphatic heterocycles. The average molecular weight is 202 g/mol. The standard InChI is InChI=1S/C9H18N2O3/c1-2-14-9(13)5-7-11-8(12)4-3-6-10/h2-7,10H2,1H3,(H,11,12). The van der Waals surface area contributed by atoms with Gasteiger partial charge < -0.3 is 15.8 Å². The number of hydrogen-bond acceptors (Lipinski definition) is 4. The lowest BCUT2D eigenvalue weighted by molar-refractivity contribution is -0.143. The van der Waals surface area contributed by atoms with Crippen molar-refractivity contribution in [3.63, 3.8) is 0 Å². The minimum absolute atomic E-state index is 0.0697. The van der Waals surface area contributed by atoms with Crippen molar-refractivity contribution in [1.82, 2.24) is 5.32 Å². The van der Waals surface area contributed by atoms with Crippen LogP contribution in [0.2, 0.25) is 0 Å². The Morgan fingerprint density at radius 2 is 2.07 bits per heavy atom. The molecule has 0 aromatic carbocycles. The SMILES string of the molecule is CCOC(=O)CCNC(=O)CCCN. The van der Waals surface area contributed by atoms with Gasteiger partial charge in [0, 0.05) is 13.0 Å². The fourth-order valence-corrected chi connectivity index (χ4v) is 0.888. The Kier molecular flexibility index (Phi) is 7.83. The van der Waals surface area contributed by atoms with Crippen molar-refractivity contribution in [3.05, 3.63) is 0 Å². The Morgan fingerprint density at radius 1 is 1.36 bits per heavy atom. The van der Waals surface area contributed by atoms with Crippen LogP contribution in [0.5, 0.6) is 0 Å². The van der Waals surface area contributed by atoms with Gasteiger partial charge in [-0.05, 0) is 19.9 Å². The highest BCUT2D eigenvalue weighted by Gasteiger charge is 2.03. The Bertz CT molecular complexity index is 183. The van der Waals surface area contributed by atoms with Crippen LogP contribution in [0, 0.1) is 0 Å². The van der Waals surface area contributed by atoms with Crippen LogP contribution in [0.1, 0.15) is 26.2 Å². The number of amides is 1. The molecule has 0 unspecified atom stereocenters. The molecule has 0 aliphatic rings. The number of carbonyl (C=O) groups excluding carboxylic acids is 2. The van der Waals surface area contributed by atoms with Crippen molar-refractivity contribution in [2.24, 2.45) is 5.73 Å². The second kappa shape index (κ2) is 8.50. The predicted octanol–water partition coefficient (Wildman–Crippen LogP) is -0.205. The minimum Gasteiger partial charge on any atom is -0.466 e. The lowest BCUT2D eigenvalue weighted by Gasteiger charge is -2.04. The molecule has 0 fully saturated rings. The molecular weight excluding hydrogens is 184 g/mol. The smallest absolute Gasteiger partial charge is 0.307 e. The molecule has 0 aliphatic carbocycles. The summed E-state index contributed by atoms with van der Waals surface area (Å²) in [6.45, 7) is 2.96. The molecule has 3 N–H and O–H groups in total. The van der Waals surface area contributed by atoms with Crippen molar-refractivity contribution in [2.75, 3.05) is 19.7 Å². The van der Waals surface area contributed by atoms with Gasteiger partial charge in [-0.2, -0.15) is 0 Å². The maximum atomic E-state index is 11.0. The highest BCUT2D eigenvalue weighted by Crippen LogP contribution is 1.88. The molecule has 14 heavy (non-hydrogen) atoms. The zero-order valence-electron chi connectivity index (χ0n) is 8.54. The highest BCUT2D eigenvalue weighted by atomic mass is 16.5. The van der Waals surface area contributed by atoms with E-state index in [9.17, 15) is 9.59 Å². The normalized spacial score (nSPS) is 9.57. The zero-order chi connectivity index (χ0) is 10.8. The highest BCUT2D eigenvalue weighted by molar-refractivity contribution is 5.76. The number of rotatable bonds is 7. The van der Waals surface area contributed by atoms with E-state index in [0.717, 1.165) is 0 Å². The fourth-order valence-electron chi connectivity index (χ4n) is 0.888. The molecule has 1 amide bonds. The molecule has 0 spiro atoms. The summed E-state index contributed by atoms with van der Waals surface area (Å²) in [5.74, 6) is -0.355. The average Bonchev–Trinajstić information content (AvgIpc) is 2.15. The van der Waals surface area contributed by atoms with Crippen LogP contribution in [0.3, 0.4) is 0 Å². The zero-order valence-corrected chi connectivity index (χ0v) is 8.54. The molecular formula is C9H18N2O3. The summed E-state index contributed by atoms with van der Waals surface area (Å²) in [5.41, 5.74) is 5.24. The third kappa shape index (κ3) is 7.54. The van der Waals surface area contributed by atoms with Gasteiger partial charge in [-0.25, -0.2) is 0 Å². The predicted molar refractivity (Wildman–Crippen MR) is 52.5 cm³/mol. The van der Waals surface area contributed by atoms with Gasteiger partial charge in [-0.3, -0.25) is 9.59 Å². The molecule has 0 radical (unpaired) electrons. The summed E-state index contributed by atoms with van der Waals surface area (Å²) in [6, 6.07) is 0. The van der Waals surface area contributed by atoms with E-state index in [1.165, 1.54) is 0 Å². The van der Waals surface area contributed by atoms with E-state index in [1.54, 1.807) is 6.92 Å². The van der Waals surface area contributed by atoms with Crippen LogP contribution in [-0.4, -0.2) is 31.6 Å². The first-order valence-corrected chi connectivity index (χ1v) is 4.83. The summed E-state index contributed by atoms with van der Waals surface area (Å²) >= 11 is 0. The van der Waals surface area contributed by atoms with Gasteiger partial charge in [0.15, 0.2) is 0 Å². The molecule has 0 aromatic rings. The molecule has 0 saturated heterocycles. The number of nitrogens with two attached hydrogens (primary N) is 1. The molecule has 5 heteroatoms. The molecule has 82 valence electrons. The van der Waals surface area contributed by atoms with Crippen LogP contribution in [0.15, 0.2) is 0 Å². The van der Waals surface area contributed by atoms with Gasteiger partial charge in [0.05, 0.1) is 13.0 Å². The molecule has 0 heterocycles. The monoisotopic (exact) mass is 202 g/mol. The van der Waals surface area contributed by atoms with Crippen molar-refractivity contribution < 1.29 is 14.3 Å². The summed E-state index contributed by atoms with van der Waals surface area (Å²) in [5, 5.41) is 2.61. The molecule has 5 nitrogen and oxygen atoms in total. The van der Waals surface area contributed by atoms with Crippen molar-refractivity contribution in [2.45, 2.75) is 26.2 Å². The van der Waals surface area contributed by atoms with Gasteiger partial charge in [0.2, 0.25) is 5.91 Å². The van der Waals surface area contributed by atoms with E-state index < -0.39 is 0 Å². The van der Waals surface area contributed by atoms with Crippen LogP contribution in [-0.2, 0) is 14.3 Å². The third-order valence-electron chi connectivity index (χ3n) is 1.56. The van der Waals surface area contributed by atoms with E-state index in [-0.39, 0.29) is 18.3 Å². The summed E-state index contributed by atoms with van der Waals surface area (Å²) in [7, 11) is 0. The number of ether oxygens (including phenoxy) is 1. The van der Waals surface area contributed by atoms with Gasteiger partial charge in [-0.15, -0.1) is 0 Å². The van der Waals surface area contributed by atoms with E-state index in [4.69, 9.17) is 10.5 Å². The minimum atomic E-state index is -0.286. The second-order valence-corrected chi connectivity index (χ2v) is 2.80. The van der Waals surface area contributed by atoms with Gasteiger partial charge in [0.25, 0.3) is 0 Å². The number of carbonyl (C=O) groups is 2. The maximum absolute atomic E-state index is 11.0. The first kappa shape index (κ1) is 12.9. The molecule has 0 rings (SSSR count). The fraction of sp³-hybridized carbons (Fsp3) is 0.778. The lowest BCUT2D eigenvalue weighted by Crippen LogP contribution is -2.26. The number of hydrogen-bond donors (Lipinski definition) is 2. The number of esters is 1. The Morgan fingerprint density at radius 3 is 2.64 bits per heavy atom. The maximum Gasteiger partial charge on any atom is 0.307 e. The Balaban J connectivity index is 3.34. The second-order valence-electron chi connectivity index (χ2n) is 2.80. The van der Waals surface area contributed by atoms with Crippen LogP contribution in [0.25, 0.3) is 0 Å². The van der Waals surface area contributed by atoms with Gasteiger partial charge in [0.1, 0.15) is 0 Å². The van der Waals surface area contributed by atoms with E-state index >= 15 is 0 Å². The van der Waals surface area contributed by atoms with Crippen molar-refractivity contribution >= 4 is 11.9 Å². The van der Waals surface area contributed by atoms with Crippen molar-refractivity contribution in [3.8, 4) is 0 Å². The van der Waals surface area contributed by atoms with Gasteiger partial charge >= 0.3 is 5.97 Å². The third-order valence-corrected chi connectivity index (χ3v) is 1.56. The number of nitrogens with one attached hydrogen (secondary N) is 1. The van der Waals surface area contributed by atoms with Crippen LogP contribution >= 0.6 is 0 Å².